The minimum absolute atomic E-state index is 0.130. The van der Waals surface area contributed by atoms with Crippen LogP contribution in [0.15, 0.2) is 36.4 Å². The highest BCUT2D eigenvalue weighted by Crippen LogP contribution is 2.22. The first kappa shape index (κ1) is 15.6. The maximum atomic E-state index is 13.2. The maximum Gasteiger partial charge on any atom is 0.340 e. The first-order valence-corrected chi connectivity index (χ1v) is 6.82. The van der Waals surface area contributed by atoms with Crippen molar-refractivity contribution in [1.82, 2.24) is 0 Å². The lowest BCUT2D eigenvalue weighted by atomic mass is 10.1. The van der Waals surface area contributed by atoms with E-state index in [-0.39, 0.29) is 5.56 Å². The van der Waals surface area contributed by atoms with Gasteiger partial charge in [-0.25, -0.2) is 9.18 Å². The van der Waals surface area contributed by atoms with Gasteiger partial charge >= 0.3 is 5.97 Å². The quantitative estimate of drug-likeness (QED) is 0.838. The largest absolute Gasteiger partial charge is 0.465 e. The van der Waals surface area contributed by atoms with Crippen molar-refractivity contribution < 1.29 is 13.9 Å². The minimum atomic E-state index is -0.610. The molecule has 21 heavy (non-hydrogen) atoms. The Kier molecular flexibility index (Phi) is 5.04. The first-order valence-electron chi connectivity index (χ1n) is 6.06. The Balaban J connectivity index is 2.21. The number of carbonyl (C=O) groups is 1. The molecule has 1 N–H and O–H groups in total. The van der Waals surface area contributed by atoms with Crippen molar-refractivity contribution in [1.29, 1.82) is 0 Å². The van der Waals surface area contributed by atoms with E-state index in [0.29, 0.717) is 22.3 Å². The lowest BCUT2D eigenvalue weighted by Gasteiger charge is -2.11. The van der Waals surface area contributed by atoms with Crippen molar-refractivity contribution in [3.8, 4) is 0 Å². The van der Waals surface area contributed by atoms with E-state index in [2.05, 4.69) is 10.1 Å². The SMILES string of the molecule is COC(=O)c1cc(F)ccc1NCc1cc(Cl)cc(Cl)c1. The molecule has 2 aromatic rings. The van der Waals surface area contributed by atoms with Crippen molar-refractivity contribution in [2.45, 2.75) is 6.54 Å². The van der Waals surface area contributed by atoms with Crippen molar-refractivity contribution in [2.75, 3.05) is 12.4 Å². The van der Waals surface area contributed by atoms with Gasteiger partial charge in [-0.05, 0) is 42.0 Å². The molecule has 2 aromatic carbocycles. The van der Waals surface area contributed by atoms with Crippen molar-refractivity contribution in [3.05, 3.63) is 63.4 Å². The van der Waals surface area contributed by atoms with Crippen LogP contribution in [0.3, 0.4) is 0 Å². The molecule has 0 saturated carbocycles. The highest BCUT2D eigenvalue weighted by Gasteiger charge is 2.13. The summed E-state index contributed by atoms with van der Waals surface area (Å²) in [5.74, 6) is -1.12. The van der Waals surface area contributed by atoms with Gasteiger partial charge in [0.15, 0.2) is 0 Å². The van der Waals surface area contributed by atoms with E-state index in [1.54, 1.807) is 18.2 Å². The Morgan fingerprint density at radius 1 is 1.19 bits per heavy atom. The molecule has 0 heterocycles. The van der Waals surface area contributed by atoms with Gasteiger partial charge in [-0.2, -0.15) is 0 Å². The molecule has 0 aromatic heterocycles. The second-order valence-electron chi connectivity index (χ2n) is 4.31. The van der Waals surface area contributed by atoms with Crippen molar-refractivity contribution in [3.63, 3.8) is 0 Å². The van der Waals surface area contributed by atoms with Gasteiger partial charge in [-0.3, -0.25) is 0 Å². The average molecular weight is 328 g/mol. The number of methoxy groups -OCH3 is 1. The summed E-state index contributed by atoms with van der Waals surface area (Å²) in [4.78, 5) is 11.6. The standard InChI is InChI=1S/C15H12Cl2FNO2/c1-21-15(20)13-7-12(18)2-3-14(13)19-8-9-4-10(16)6-11(17)5-9/h2-7,19H,8H2,1H3. The Bertz CT molecular complexity index is 656. The number of ether oxygens (including phenoxy) is 1. The van der Waals surface area contributed by atoms with Gasteiger partial charge in [0, 0.05) is 22.3 Å². The smallest absolute Gasteiger partial charge is 0.340 e. The Hall–Kier alpha value is -1.78. The summed E-state index contributed by atoms with van der Waals surface area (Å²) in [6.45, 7) is 0.385. The van der Waals surface area contributed by atoms with E-state index in [1.165, 1.54) is 19.2 Å². The van der Waals surface area contributed by atoms with Crippen LogP contribution in [-0.4, -0.2) is 13.1 Å². The van der Waals surface area contributed by atoms with E-state index in [1.807, 2.05) is 0 Å². The Labute approximate surface area is 131 Å². The molecule has 0 unspecified atom stereocenters. The molecule has 110 valence electrons. The molecule has 0 amide bonds. The van der Waals surface area contributed by atoms with Gasteiger partial charge in [-0.15, -0.1) is 0 Å². The first-order chi connectivity index (χ1) is 9.99. The zero-order valence-electron chi connectivity index (χ0n) is 11.1. The number of hydrogen-bond donors (Lipinski definition) is 1. The molecule has 2 rings (SSSR count). The number of nitrogens with one attached hydrogen (secondary N) is 1. The van der Waals surface area contributed by atoms with Crippen LogP contribution in [0.25, 0.3) is 0 Å². The zero-order valence-corrected chi connectivity index (χ0v) is 12.6. The molecule has 0 spiro atoms. The predicted molar refractivity (Wildman–Crippen MR) is 81.5 cm³/mol. The van der Waals surface area contributed by atoms with Crippen LogP contribution in [0.4, 0.5) is 10.1 Å². The number of esters is 1. The summed E-state index contributed by atoms with van der Waals surface area (Å²) in [5, 5.41) is 4.08. The summed E-state index contributed by atoms with van der Waals surface area (Å²) in [5.41, 5.74) is 1.44. The molecule has 0 fully saturated rings. The fourth-order valence-corrected chi connectivity index (χ4v) is 2.43. The molecule has 6 heteroatoms. The van der Waals surface area contributed by atoms with E-state index < -0.39 is 11.8 Å². The summed E-state index contributed by atoms with van der Waals surface area (Å²) in [7, 11) is 1.24. The average Bonchev–Trinajstić information content (AvgIpc) is 2.44. The van der Waals surface area contributed by atoms with Crippen LogP contribution in [0, 0.1) is 5.82 Å². The normalized spacial score (nSPS) is 10.3. The van der Waals surface area contributed by atoms with Crippen molar-refractivity contribution in [2.24, 2.45) is 0 Å². The summed E-state index contributed by atoms with van der Waals surface area (Å²) >= 11 is 11.8. The fraction of sp³-hybridized carbons (Fsp3) is 0.133. The monoisotopic (exact) mass is 327 g/mol. The van der Waals surface area contributed by atoms with Gasteiger partial charge < -0.3 is 10.1 Å². The molecule has 0 aliphatic rings. The van der Waals surface area contributed by atoms with Crippen LogP contribution >= 0.6 is 23.2 Å². The second kappa shape index (κ2) is 6.78. The molecular weight excluding hydrogens is 316 g/mol. The van der Waals surface area contributed by atoms with Gasteiger partial charge in [-0.1, -0.05) is 23.2 Å². The number of halogens is 3. The number of anilines is 1. The highest BCUT2D eigenvalue weighted by molar-refractivity contribution is 6.34. The van der Waals surface area contributed by atoms with Gasteiger partial charge in [0.05, 0.1) is 12.7 Å². The number of rotatable bonds is 4. The number of hydrogen-bond acceptors (Lipinski definition) is 3. The third kappa shape index (κ3) is 4.09. The lowest BCUT2D eigenvalue weighted by Crippen LogP contribution is -2.08. The van der Waals surface area contributed by atoms with Gasteiger partial charge in [0.1, 0.15) is 5.82 Å². The third-order valence-corrected chi connectivity index (χ3v) is 3.23. The number of carbonyl (C=O) groups excluding carboxylic acids is 1. The van der Waals surface area contributed by atoms with Crippen LogP contribution in [0.5, 0.6) is 0 Å². The zero-order chi connectivity index (χ0) is 15.4. The van der Waals surface area contributed by atoms with Gasteiger partial charge in [0.2, 0.25) is 0 Å². The van der Waals surface area contributed by atoms with E-state index in [9.17, 15) is 9.18 Å². The van der Waals surface area contributed by atoms with Crippen LogP contribution in [0.1, 0.15) is 15.9 Å². The molecule has 0 aliphatic heterocycles. The number of benzene rings is 2. The molecule has 0 saturated heterocycles. The van der Waals surface area contributed by atoms with Crippen LogP contribution in [0.2, 0.25) is 10.0 Å². The lowest BCUT2D eigenvalue weighted by molar-refractivity contribution is 0.0601. The highest BCUT2D eigenvalue weighted by atomic mass is 35.5. The van der Waals surface area contributed by atoms with E-state index >= 15 is 0 Å². The minimum Gasteiger partial charge on any atom is -0.465 e. The van der Waals surface area contributed by atoms with Crippen molar-refractivity contribution >= 4 is 34.9 Å². The summed E-state index contributed by atoms with van der Waals surface area (Å²) < 4.78 is 17.9. The molecule has 0 radical (unpaired) electrons. The summed E-state index contributed by atoms with van der Waals surface area (Å²) in [6.07, 6.45) is 0. The molecular formula is C15H12Cl2FNO2. The molecule has 0 bridgehead atoms. The molecule has 0 atom stereocenters. The van der Waals surface area contributed by atoms with Crippen LogP contribution in [-0.2, 0) is 11.3 Å². The predicted octanol–water partition coefficient (Wildman–Crippen LogP) is 4.53. The second-order valence-corrected chi connectivity index (χ2v) is 5.19. The topological polar surface area (TPSA) is 38.3 Å². The van der Waals surface area contributed by atoms with Crippen LogP contribution < -0.4 is 5.32 Å². The fourth-order valence-electron chi connectivity index (χ4n) is 1.86. The van der Waals surface area contributed by atoms with E-state index in [0.717, 1.165) is 11.6 Å². The molecule has 0 aliphatic carbocycles. The Morgan fingerprint density at radius 3 is 2.48 bits per heavy atom. The third-order valence-electron chi connectivity index (χ3n) is 2.79. The maximum absolute atomic E-state index is 13.2. The van der Waals surface area contributed by atoms with Gasteiger partial charge in [0.25, 0.3) is 0 Å². The Morgan fingerprint density at radius 2 is 1.86 bits per heavy atom. The van der Waals surface area contributed by atoms with E-state index in [4.69, 9.17) is 23.2 Å². The summed E-state index contributed by atoms with van der Waals surface area (Å²) in [6, 6.07) is 9.00. The molecule has 3 nitrogen and oxygen atoms in total.